The third-order valence-electron chi connectivity index (χ3n) is 4.41. The molecule has 0 saturated heterocycles. The Morgan fingerprint density at radius 2 is 1.75 bits per heavy atom. The lowest BCUT2D eigenvalue weighted by Gasteiger charge is -2.07. The number of fused-ring (bicyclic) bond motifs is 1. The fourth-order valence-electron chi connectivity index (χ4n) is 2.94. The number of carbonyl (C=O) groups is 2. The predicted molar refractivity (Wildman–Crippen MR) is 102 cm³/mol. The summed E-state index contributed by atoms with van der Waals surface area (Å²) in [5.41, 5.74) is 2.56. The maximum absolute atomic E-state index is 12.5. The van der Waals surface area contributed by atoms with E-state index in [1.54, 1.807) is 30.5 Å². The second-order valence-electron chi connectivity index (χ2n) is 6.37. The van der Waals surface area contributed by atoms with E-state index in [1.807, 2.05) is 36.4 Å². The minimum Gasteiger partial charge on any atom is -0.454 e. The molecule has 1 N–H and O–H groups in total. The largest absolute Gasteiger partial charge is 0.454 e. The lowest BCUT2D eigenvalue weighted by atomic mass is 10.1. The number of Topliss-reactive ketones (excluding diaryl/α,β-unsaturated/α-hetero) is 1. The molecule has 28 heavy (non-hydrogen) atoms. The number of aromatic nitrogens is 1. The number of pyridine rings is 1. The van der Waals surface area contributed by atoms with Gasteiger partial charge in [0.2, 0.25) is 6.79 Å². The van der Waals surface area contributed by atoms with Gasteiger partial charge in [-0.2, -0.15) is 0 Å². The molecule has 0 fully saturated rings. The molecule has 1 aliphatic rings. The zero-order chi connectivity index (χ0) is 19.3. The number of amides is 1. The van der Waals surface area contributed by atoms with Crippen LogP contribution in [-0.2, 0) is 13.0 Å². The van der Waals surface area contributed by atoms with Gasteiger partial charge in [0.05, 0.1) is 6.42 Å². The summed E-state index contributed by atoms with van der Waals surface area (Å²) < 4.78 is 10.6. The van der Waals surface area contributed by atoms with Gasteiger partial charge in [-0.05, 0) is 29.8 Å². The first-order chi connectivity index (χ1) is 13.7. The van der Waals surface area contributed by atoms with Gasteiger partial charge in [0.1, 0.15) is 0 Å². The van der Waals surface area contributed by atoms with Gasteiger partial charge in [0.15, 0.2) is 17.3 Å². The van der Waals surface area contributed by atoms with Gasteiger partial charge < -0.3 is 14.8 Å². The Morgan fingerprint density at radius 3 is 2.61 bits per heavy atom. The van der Waals surface area contributed by atoms with Crippen LogP contribution in [0.25, 0.3) is 0 Å². The van der Waals surface area contributed by atoms with E-state index in [9.17, 15) is 9.59 Å². The van der Waals surface area contributed by atoms with Crippen LogP contribution < -0.4 is 14.8 Å². The fourth-order valence-corrected chi connectivity index (χ4v) is 2.94. The molecule has 1 amide bonds. The van der Waals surface area contributed by atoms with Gasteiger partial charge >= 0.3 is 0 Å². The molecule has 0 aliphatic carbocycles. The monoisotopic (exact) mass is 374 g/mol. The van der Waals surface area contributed by atoms with Gasteiger partial charge in [-0.15, -0.1) is 0 Å². The minimum absolute atomic E-state index is 0.0361. The molecule has 1 aliphatic heterocycles. The van der Waals surface area contributed by atoms with E-state index >= 15 is 0 Å². The number of rotatable bonds is 6. The summed E-state index contributed by atoms with van der Waals surface area (Å²) in [7, 11) is 0. The number of hydrogen-bond donors (Lipinski definition) is 1. The van der Waals surface area contributed by atoms with E-state index in [0.29, 0.717) is 34.9 Å². The first-order valence-electron chi connectivity index (χ1n) is 8.89. The predicted octanol–water partition coefficient (Wildman–Crippen LogP) is 3.17. The Bertz CT molecular complexity index is 1020. The van der Waals surface area contributed by atoms with Crippen molar-refractivity contribution in [3.05, 3.63) is 89.2 Å². The molecule has 4 rings (SSSR count). The van der Waals surface area contributed by atoms with E-state index < -0.39 is 0 Å². The second-order valence-corrected chi connectivity index (χ2v) is 6.37. The topological polar surface area (TPSA) is 77.5 Å². The van der Waals surface area contributed by atoms with Gasteiger partial charge in [0.25, 0.3) is 5.91 Å². The maximum Gasteiger partial charge on any atom is 0.251 e. The second kappa shape index (κ2) is 7.92. The normalized spacial score (nSPS) is 11.9. The summed E-state index contributed by atoms with van der Waals surface area (Å²) in [6.45, 7) is 0.572. The number of hydrogen-bond acceptors (Lipinski definition) is 5. The van der Waals surface area contributed by atoms with Crippen LogP contribution in [0.5, 0.6) is 11.5 Å². The average Bonchev–Trinajstić information content (AvgIpc) is 3.20. The van der Waals surface area contributed by atoms with Crippen LogP contribution in [-0.4, -0.2) is 23.5 Å². The fraction of sp³-hybridized carbons (Fsp3) is 0.136. The van der Waals surface area contributed by atoms with Crippen molar-refractivity contribution in [1.82, 2.24) is 10.3 Å². The molecule has 2 aromatic carbocycles. The van der Waals surface area contributed by atoms with Crippen LogP contribution in [0, 0.1) is 0 Å². The van der Waals surface area contributed by atoms with Gasteiger partial charge in [0, 0.05) is 29.6 Å². The van der Waals surface area contributed by atoms with Crippen LogP contribution in [0.4, 0.5) is 0 Å². The molecule has 2 heterocycles. The summed E-state index contributed by atoms with van der Waals surface area (Å²) in [6.07, 6.45) is 1.69. The van der Waals surface area contributed by atoms with Crippen molar-refractivity contribution in [3.8, 4) is 11.5 Å². The number of carbonyl (C=O) groups excluding carboxylic acids is 2. The molecule has 0 radical (unpaired) electrons. The third-order valence-corrected chi connectivity index (χ3v) is 4.41. The summed E-state index contributed by atoms with van der Waals surface area (Å²) in [5.74, 6) is 1.12. The van der Waals surface area contributed by atoms with Crippen molar-refractivity contribution in [3.63, 3.8) is 0 Å². The van der Waals surface area contributed by atoms with Crippen LogP contribution in [0.1, 0.15) is 32.0 Å². The smallest absolute Gasteiger partial charge is 0.251 e. The van der Waals surface area contributed by atoms with Crippen molar-refractivity contribution < 1.29 is 19.1 Å². The number of benzene rings is 2. The van der Waals surface area contributed by atoms with Gasteiger partial charge in [-0.3, -0.25) is 14.6 Å². The standard InChI is InChI=1S/C22H18N2O4/c25-19(16-4-2-1-3-5-16)12-18-11-17(8-9-23-18)22(26)24-13-15-6-7-20-21(10-15)28-14-27-20/h1-11H,12-14H2,(H,24,26). The number of ether oxygens (including phenoxy) is 2. The lowest BCUT2D eigenvalue weighted by Crippen LogP contribution is -2.23. The van der Waals surface area contributed by atoms with E-state index in [1.165, 1.54) is 0 Å². The Balaban J connectivity index is 1.39. The molecule has 3 aromatic rings. The van der Waals surface area contributed by atoms with Gasteiger partial charge in [-0.25, -0.2) is 0 Å². The van der Waals surface area contributed by atoms with Gasteiger partial charge in [-0.1, -0.05) is 36.4 Å². The minimum atomic E-state index is -0.228. The maximum atomic E-state index is 12.5. The van der Waals surface area contributed by atoms with E-state index in [4.69, 9.17) is 9.47 Å². The molecule has 0 bridgehead atoms. The summed E-state index contributed by atoms with van der Waals surface area (Å²) in [6, 6.07) is 17.9. The highest BCUT2D eigenvalue weighted by atomic mass is 16.7. The van der Waals surface area contributed by atoms with Crippen molar-refractivity contribution in [2.75, 3.05) is 6.79 Å². The molecule has 6 nitrogen and oxygen atoms in total. The van der Waals surface area contributed by atoms with Crippen LogP contribution in [0.15, 0.2) is 66.9 Å². The molecule has 0 unspecified atom stereocenters. The van der Waals surface area contributed by atoms with Crippen molar-refractivity contribution >= 4 is 11.7 Å². The summed E-state index contributed by atoms with van der Waals surface area (Å²) in [5, 5.41) is 2.87. The zero-order valence-corrected chi connectivity index (χ0v) is 15.1. The first-order valence-corrected chi connectivity index (χ1v) is 8.89. The molecular weight excluding hydrogens is 356 g/mol. The molecular formula is C22H18N2O4. The van der Waals surface area contributed by atoms with Crippen LogP contribution >= 0.6 is 0 Å². The van der Waals surface area contributed by atoms with E-state index in [-0.39, 0.29) is 24.9 Å². The van der Waals surface area contributed by atoms with Crippen LogP contribution in [0.2, 0.25) is 0 Å². The molecule has 1 aromatic heterocycles. The van der Waals surface area contributed by atoms with Crippen molar-refractivity contribution in [2.45, 2.75) is 13.0 Å². The number of nitrogens with one attached hydrogen (secondary N) is 1. The average molecular weight is 374 g/mol. The van der Waals surface area contributed by atoms with E-state index in [0.717, 1.165) is 5.56 Å². The molecule has 6 heteroatoms. The highest BCUT2D eigenvalue weighted by Crippen LogP contribution is 2.32. The Kier molecular flexibility index (Phi) is 5.01. The molecule has 0 spiro atoms. The Morgan fingerprint density at radius 1 is 0.929 bits per heavy atom. The Labute approximate surface area is 162 Å². The van der Waals surface area contributed by atoms with Crippen molar-refractivity contribution in [1.29, 1.82) is 0 Å². The third kappa shape index (κ3) is 4.01. The van der Waals surface area contributed by atoms with E-state index in [2.05, 4.69) is 10.3 Å². The zero-order valence-electron chi connectivity index (χ0n) is 15.1. The SMILES string of the molecule is O=C(Cc1cc(C(=O)NCc2ccc3c(c2)OCO3)ccn1)c1ccccc1. The lowest BCUT2D eigenvalue weighted by molar-refractivity contribution is 0.0947. The summed E-state index contributed by atoms with van der Waals surface area (Å²) in [4.78, 5) is 29.0. The quantitative estimate of drug-likeness (QED) is 0.671. The number of ketones is 1. The molecule has 0 atom stereocenters. The first kappa shape index (κ1) is 17.7. The van der Waals surface area contributed by atoms with Crippen LogP contribution in [0.3, 0.4) is 0 Å². The Hall–Kier alpha value is -3.67. The molecule has 0 saturated carbocycles. The molecule has 140 valence electrons. The summed E-state index contributed by atoms with van der Waals surface area (Å²) >= 11 is 0. The highest BCUT2D eigenvalue weighted by molar-refractivity contribution is 5.98. The van der Waals surface area contributed by atoms with Crippen molar-refractivity contribution in [2.24, 2.45) is 0 Å². The highest BCUT2D eigenvalue weighted by Gasteiger charge is 2.14. The number of nitrogens with zero attached hydrogens (tertiary/aromatic N) is 1.